The number of likely N-dealkylation sites (tertiary alicyclic amines) is 1. The van der Waals surface area contributed by atoms with Crippen molar-refractivity contribution < 1.29 is 0 Å². The van der Waals surface area contributed by atoms with Crippen LogP contribution in [0, 0.1) is 0 Å². The maximum atomic E-state index is 5.62. The summed E-state index contributed by atoms with van der Waals surface area (Å²) in [5, 5.41) is 0. The van der Waals surface area contributed by atoms with Gasteiger partial charge in [0.2, 0.25) is 0 Å². The number of anilines is 1. The van der Waals surface area contributed by atoms with Gasteiger partial charge in [0, 0.05) is 30.9 Å². The molecule has 0 aromatic heterocycles. The molecule has 1 fully saturated rings. The maximum absolute atomic E-state index is 5.62. The number of rotatable bonds is 5. The van der Waals surface area contributed by atoms with Crippen LogP contribution in [0.15, 0.2) is 24.3 Å². The van der Waals surface area contributed by atoms with Crippen LogP contribution in [0.2, 0.25) is 0 Å². The lowest BCUT2D eigenvalue weighted by molar-refractivity contribution is 0.270. The Labute approximate surface area is 121 Å². The lowest BCUT2D eigenvalue weighted by atomic mass is 10.1. The smallest absolute Gasteiger partial charge is 0.103 e. The number of hydrogen-bond acceptors (Lipinski definition) is 3. The van der Waals surface area contributed by atoms with Crippen molar-refractivity contribution in [3.8, 4) is 0 Å². The first-order valence-electron chi connectivity index (χ1n) is 6.97. The third kappa shape index (κ3) is 3.45. The van der Waals surface area contributed by atoms with Crippen molar-refractivity contribution in [2.24, 2.45) is 5.73 Å². The van der Waals surface area contributed by atoms with E-state index in [0.717, 1.165) is 18.7 Å². The van der Waals surface area contributed by atoms with Gasteiger partial charge in [-0.15, -0.1) is 0 Å². The molecule has 1 aliphatic rings. The Bertz CT molecular complexity index is 430. The van der Waals surface area contributed by atoms with E-state index < -0.39 is 0 Å². The topological polar surface area (TPSA) is 32.5 Å². The zero-order valence-corrected chi connectivity index (χ0v) is 12.6. The first-order chi connectivity index (χ1) is 9.11. The minimum atomic E-state index is 0.460. The number of nitrogens with two attached hydrogens (primary N) is 1. The van der Waals surface area contributed by atoms with E-state index in [1.54, 1.807) is 0 Å². The van der Waals surface area contributed by atoms with Crippen molar-refractivity contribution in [1.82, 2.24) is 4.90 Å². The maximum Gasteiger partial charge on any atom is 0.103 e. The molecule has 0 amide bonds. The number of likely N-dealkylation sites (N-methyl/N-ethyl adjacent to an activating group) is 2. The van der Waals surface area contributed by atoms with Gasteiger partial charge in [0.15, 0.2) is 0 Å². The van der Waals surface area contributed by atoms with Crippen LogP contribution in [-0.4, -0.2) is 42.6 Å². The van der Waals surface area contributed by atoms with E-state index in [0.29, 0.717) is 11.0 Å². The molecule has 1 unspecified atom stereocenters. The van der Waals surface area contributed by atoms with Gasteiger partial charge in [0.25, 0.3) is 0 Å². The summed E-state index contributed by atoms with van der Waals surface area (Å²) in [4.78, 5) is 5.35. The van der Waals surface area contributed by atoms with Crippen molar-refractivity contribution in [2.45, 2.75) is 25.8 Å². The fourth-order valence-corrected chi connectivity index (χ4v) is 2.96. The molecule has 3 nitrogen and oxygen atoms in total. The summed E-state index contributed by atoms with van der Waals surface area (Å²) in [6, 6.07) is 8.88. The molecule has 4 heteroatoms. The second-order valence-corrected chi connectivity index (χ2v) is 5.66. The average molecular weight is 277 g/mol. The van der Waals surface area contributed by atoms with Gasteiger partial charge >= 0.3 is 0 Å². The highest BCUT2D eigenvalue weighted by atomic mass is 32.1. The van der Waals surface area contributed by atoms with Crippen molar-refractivity contribution in [3.63, 3.8) is 0 Å². The molecule has 1 atom stereocenters. The minimum absolute atomic E-state index is 0.460. The zero-order valence-electron chi connectivity index (χ0n) is 11.8. The largest absolute Gasteiger partial charge is 0.389 e. The number of hydrogen-bond donors (Lipinski definition) is 1. The summed E-state index contributed by atoms with van der Waals surface area (Å²) in [7, 11) is 2.15. The molecule has 1 aliphatic heterocycles. The molecule has 2 N–H and O–H groups in total. The predicted octanol–water partition coefficient (Wildman–Crippen LogP) is 2.24. The zero-order chi connectivity index (χ0) is 13.8. The standard InChI is InChI=1S/C15H23N3S/c1-3-18-10-4-5-14(18)11-17(2)13-8-6-12(7-9-13)15(16)19/h6-9,14H,3-5,10-11H2,1-2H3,(H2,16,19). The summed E-state index contributed by atoms with van der Waals surface area (Å²) in [6.07, 6.45) is 2.63. The fourth-order valence-electron chi connectivity index (χ4n) is 2.82. The monoisotopic (exact) mass is 277 g/mol. The van der Waals surface area contributed by atoms with E-state index in [9.17, 15) is 0 Å². The van der Waals surface area contributed by atoms with Crippen LogP contribution in [0.25, 0.3) is 0 Å². The van der Waals surface area contributed by atoms with Crippen LogP contribution < -0.4 is 10.6 Å². The van der Waals surface area contributed by atoms with Crippen molar-refractivity contribution in [1.29, 1.82) is 0 Å². The quantitative estimate of drug-likeness (QED) is 0.837. The molecule has 1 aromatic rings. The molecular formula is C15H23N3S. The van der Waals surface area contributed by atoms with E-state index in [2.05, 4.69) is 35.9 Å². The first-order valence-corrected chi connectivity index (χ1v) is 7.37. The molecule has 19 heavy (non-hydrogen) atoms. The normalized spacial score (nSPS) is 19.6. The number of benzene rings is 1. The molecule has 1 saturated heterocycles. The van der Waals surface area contributed by atoms with Crippen molar-refractivity contribution in [3.05, 3.63) is 29.8 Å². The Kier molecular flexibility index (Phi) is 4.77. The molecule has 0 bridgehead atoms. The molecule has 0 radical (unpaired) electrons. The molecule has 1 heterocycles. The molecule has 0 spiro atoms. The third-order valence-corrected chi connectivity index (χ3v) is 4.22. The summed E-state index contributed by atoms with van der Waals surface area (Å²) < 4.78 is 0. The molecular weight excluding hydrogens is 254 g/mol. The van der Waals surface area contributed by atoms with E-state index in [1.807, 2.05) is 12.1 Å². The first kappa shape index (κ1) is 14.3. The van der Waals surface area contributed by atoms with Crippen LogP contribution in [0.4, 0.5) is 5.69 Å². The second kappa shape index (κ2) is 6.35. The Balaban J connectivity index is 1.99. The lowest BCUT2D eigenvalue weighted by Gasteiger charge is -2.29. The summed E-state index contributed by atoms with van der Waals surface area (Å²) in [5.41, 5.74) is 7.78. The highest BCUT2D eigenvalue weighted by molar-refractivity contribution is 7.80. The van der Waals surface area contributed by atoms with Crippen molar-refractivity contribution in [2.75, 3.05) is 31.6 Å². The van der Waals surface area contributed by atoms with E-state index in [1.165, 1.54) is 25.1 Å². The minimum Gasteiger partial charge on any atom is -0.389 e. The molecule has 1 aromatic carbocycles. The average Bonchev–Trinajstić information content (AvgIpc) is 2.86. The van der Waals surface area contributed by atoms with E-state index in [4.69, 9.17) is 18.0 Å². The van der Waals surface area contributed by atoms with Crippen LogP contribution in [0.3, 0.4) is 0 Å². The Morgan fingerprint density at radius 1 is 1.42 bits per heavy atom. The number of thiocarbonyl (C=S) groups is 1. The van der Waals surface area contributed by atoms with Crippen LogP contribution in [0.1, 0.15) is 25.3 Å². The highest BCUT2D eigenvalue weighted by Gasteiger charge is 2.24. The molecule has 0 aliphatic carbocycles. The fraction of sp³-hybridized carbons (Fsp3) is 0.533. The predicted molar refractivity (Wildman–Crippen MR) is 85.9 cm³/mol. The van der Waals surface area contributed by atoms with Crippen LogP contribution >= 0.6 is 12.2 Å². The van der Waals surface area contributed by atoms with Gasteiger partial charge in [-0.2, -0.15) is 0 Å². The molecule has 0 saturated carbocycles. The van der Waals surface area contributed by atoms with Gasteiger partial charge in [0.05, 0.1) is 0 Å². The summed E-state index contributed by atoms with van der Waals surface area (Å²) in [6.45, 7) is 5.73. The van der Waals surface area contributed by atoms with Gasteiger partial charge in [-0.05, 0) is 50.2 Å². The van der Waals surface area contributed by atoms with E-state index in [-0.39, 0.29) is 0 Å². The lowest BCUT2D eigenvalue weighted by Crippen LogP contribution is -2.38. The van der Waals surface area contributed by atoms with Crippen molar-refractivity contribution >= 4 is 22.9 Å². The Morgan fingerprint density at radius 3 is 2.68 bits per heavy atom. The van der Waals surface area contributed by atoms with Gasteiger partial charge in [-0.3, -0.25) is 4.90 Å². The van der Waals surface area contributed by atoms with Gasteiger partial charge in [-0.1, -0.05) is 19.1 Å². The Hall–Kier alpha value is -1.13. The highest BCUT2D eigenvalue weighted by Crippen LogP contribution is 2.20. The third-order valence-electron chi connectivity index (χ3n) is 3.98. The summed E-state index contributed by atoms with van der Waals surface area (Å²) >= 11 is 4.98. The second-order valence-electron chi connectivity index (χ2n) is 5.22. The number of nitrogens with zero attached hydrogens (tertiary/aromatic N) is 2. The van der Waals surface area contributed by atoms with Crippen LogP contribution in [0.5, 0.6) is 0 Å². The Morgan fingerprint density at radius 2 is 2.11 bits per heavy atom. The molecule has 104 valence electrons. The van der Waals surface area contributed by atoms with E-state index >= 15 is 0 Å². The van der Waals surface area contributed by atoms with Crippen LogP contribution in [-0.2, 0) is 0 Å². The van der Waals surface area contributed by atoms with Gasteiger partial charge < -0.3 is 10.6 Å². The van der Waals surface area contributed by atoms with Gasteiger partial charge in [0.1, 0.15) is 4.99 Å². The van der Waals surface area contributed by atoms with Gasteiger partial charge in [-0.25, -0.2) is 0 Å². The summed E-state index contributed by atoms with van der Waals surface area (Å²) in [5.74, 6) is 0. The molecule has 2 rings (SSSR count). The SMILES string of the molecule is CCN1CCCC1CN(C)c1ccc(C(N)=S)cc1.